The minimum atomic E-state index is -0.225. The molecule has 0 radical (unpaired) electrons. The molecular weight excluding hydrogens is 454 g/mol. The number of fused-ring (bicyclic) bond motifs is 1. The lowest BCUT2D eigenvalue weighted by atomic mass is 10.1. The minimum Gasteiger partial charge on any atom is -0.423 e. The molecule has 1 aliphatic rings. The van der Waals surface area contributed by atoms with Crippen molar-refractivity contribution in [1.29, 1.82) is 0 Å². The van der Waals surface area contributed by atoms with Crippen LogP contribution in [0.3, 0.4) is 0 Å². The number of amides is 1. The van der Waals surface area contributed by atoms with E-state index in [4.69, 9.17) is 14.1 Å². The third-order valence-corrected chi connectivity index (χ3v) is 6.55. The van der Waals surface area contributed by atoms with Crippen LogP contribution >= 0.6 is 11.3 Å². The number of aromatic nitrogens is 4. The van der Waals surface area contributed by atoms with Gasteiger partial charge in [0.1, 0.15) is 11.2 Å². The van der Waals surface area contributed by atoms with Crippen molar-refractivity contribution in [2.24, 2.45) is 0 Å². The molecule has 1 aromatic carbocycles. The normalized spacial score (nSPS) is 14.0. The Hall–Kier alpha value is -3.44. The van der Waals surface area contributed by atoms with Crippen molar-refractivity contribution in [3.63, 3.8) is 0 Å². The van der Waals surface area contributed by atoms with Gasteiger partial charge in [0.25, 0.3) is 11.9 Å². The number of likely N-dealkylation sites (N-methyl/N-ethyl adjacent to an activating group) is 1. The fourth-order valence-electron chi connectivity index (χ4n) is 4.16. The van der Waals surface area contributed by atoms with E-state index < -0.39 is 0 Å². The number of oxazole rings is 1. The van der Waals surface area contributed by atoms with Crippen LogP contribution in [0.1, 0.15) is 29.8 Å². The van der Waals surface area contributed by atoms with Crippen LogP contribution in [0.25, 0.3) is 11.1 Å². The average molecular weight is 482 g/mol. The molecular formula is C23H27N7O3S. The van der Waals surface area contributed by atoms with Crippen LogP contribution in [0.2, 0.25) is 0 Å². The molecule has 1 saturated heterocycles. The van der Waals surface area contributed by atoms with Gasteiger partial charge >= 0.3 is 0 Å². The summed E-state index contributed by atoms with van der Waals surface area (Å²) < 4.78 is 11.3. The Morgan fingerprint density at radius 3 is 2.85 bits per heavy atom. The number of nitrogens with zero attached hydrogens (tertiary/aromatic N) is 6. The topological polar surface area (TPSA) is 104 Å². The maximum absolute atomic E-state index is 13.6. The molecule has 0 atom stereocenters. The van der Waals surface area contributed by atoms with Crippen LogP contribution in [-0.4, -0.2) is 66.5 Å². The van der Waals surface area contributed by atoms with Crippen molar-refractivity contribution in [2.45, 2.75) is 19.3 Å². The second-order valence-electron chi connectivity index (χ2n) is 8.24. The number of nitrogens with one attached hydrogen (secondary N) is 1. The fraction of sp³-hybridized carbons (Fsp3) is 0.391. The zero-order chi connectivity index (χ0) is 23.5. The summed E-state index contributed by atoms with van der Waals surface area (Å²) in [7, 11) is 3.58. The summed E-state index contributed by atoms with van der Waals surface area (Å²) in [4.78, 5) is 28.5. The Labute approximate surface area is 201 Å². The Bertz CT molecular complexity index is 1230. The Kier molecular flexibility index (Phi) is 6.45. The van der Waals surface area contributed by atoms with Gasteiger partial charge in [-0.2, -0.15) is 10.1 Å². The van der Waals surface area contributed by atoms with Gasteiger partial charge in [-0.25, -0.2) is 4.98 Å². The number of hydrogen-bond donors (Lipinski definition) is 1. The largest absolute Gasteiger partial charge is 0.423 e. The number of aromatic amines is 1. The Balaban J connectivity index is 1.65. The van der Waals surface area contributed by atoms with Crippen LogP contribution in [-0.2, 0) is 4.74 Å². The van der Waals surface area contributed by atoms with Crippen molar-refractivity contribution in [3.05, 3.63) is 41.1 Å². The molecule has 1 aliphatic heterocycles. The van der Waals surface area contributed by atoms with E-state index in [1.807, 2.05) is 24.1 Å². The average Bonchev–Trinajstić information content (AvgIpc) is 3.64. The number of rotatable bonds is 8. The van der Waals surface area contributed by atoms with Gasteiger partial charge in [-0.05, 0) is 25.3 Å². The zero-order valence-corrected chi connectivity index (χ0v) is 20.0. The van der Waals surface area contributed by atoms with E-state index in [-0.39, 0.29) is 5.91 Å². The third-order valence-electron chi connectivity index (χ3n) is 5.97. The number of carbonyl (C=O) groups is 1. The van der Waals surface area contributed by atoms with E-state index in [2.05, 4.69) is 20.1 Å². The highest BCUT2D eigenvalue weighted by molar-refractivity contribution is 7.07. The van der Waals surface area contributed by atoms with Crippen LogP contribution < -0.4 is 14.7 Å². The molecule has 1 N–H and O–H groups in total. The molecule has 0 aliphatic carbocycles. The quantitative estimate of drug-likeness (QED) is 0.402. The summed E-state index contributed by atoms with van der Waals surface area (Å²) in [5, 5.41) is 8.67. The first-order valence-electron chi connectivity index (χ1n) is 11.3. The molecule has 0 unspecified atom stereocenters. The number of H-pyrrole nitrogens is 1. The molecule has 34 heavy (non-hydrogen) atoms. The van der Waals surface area contributed by atoms with Crippen molar-refractivity contribution < 1.29 is 13.9 Å². The molecule has 11 heteroatoms. The molecule has 5 rings (SSSR count). The number of anilines is 4. The molecule has 0 spiro atoms. The number of carbonyl (C=O) groups excluding carboxylic acids is 1. The molecule has 0 saturated carbocycles. The van der Waals surface area contributed by atoms with E-state index in [9.17, 15) is 4.79 Å². The van der Waals surface area contributed by atoms with Crippen LogP contribution in [0.4, 0.5) is 23.1 Å². The molecule has 1 fully saturated rings. The number of piperidine rings is 1. The lowest BCUT2D eigenvalue weighted by Gasteiger charge is -2.33. The predicted molar refractivity (Wildman–Crippen MR) is 132 cm³/mol. The minimum absolute atomic E-state index is 0.225. The molecule has 3 aromatic heterocycles. The summed E-state index contributed by atoms with van der Waals surface area (Å²) in [6.45, 7) is 3.05. The predicted octanol–water partition coefficient (Wildman–Crippen LogP) is 4.06. The number of methoxy groups -OCH3 is 1. The van der Waals surface area contributed by atoms with Crippen molar-refractivity contribution in [3.8, 4) is 0 Å². The molecule has 0 bridgehead atoms. The van der Waals surface area contributed by atoms with Gasteiger partial charge in [0, 0.05) is 51.4 Å². The van der Waals surface area contributed by atoms with Gasteiger partial charge in [-0.1, -0.05) is 0 Å². The maximum Gasteiger partial charge on any atom is 0.298 e. The lowest BCUT2D eigenvalue weighted by Crippen LogP contribution is -2.33. The smallest absolute Gasteiger partial charge is 0.298 e. The Morgan fingerprint density at radius 2 is 2.15 bits per heavy atom. The fourth-order valence-corrected chi connectivity index (χ4v) is 4.68. The van der Waals surface area contributed by atoms with Gasteiger partial charge in [0.05, 0.1) is 35.4 Å². The Morgan fingerprint density at radius 1 is 1.29 bits per heavy atom. The van der Waals surface area contributed by atoms with Crippen LogP contribution in [0, 0.1) is 0 Å². The van der Waals surface area contributed by atoms with Gasteiger partial charge in [0.2, 0.25) is 0 Å². The zero-order valence-electron chi connectivity index (χ0n) is 19.2. The SMILES string of the molecule is COCCN(C)c1nc2cc(N3CCCCC3)c(N(C(=O)c3cscn3)c3cn[nH]c3)cc2o1. The van der Waals surface area contributed by atoms with Gasteiger partial charge < -0.3 is 19.0 Å². The maximum atomic E-state index is 13.6. The van der Waals surface area contributed by atoms with Crippen LogP contribution in [0.5, 0.6) is 0 Å². The highest BCUT2D eigenvalue weighted by Crippen LogP contribution is 2.40. The van der Waals surface area contributed by atoms with Gasteiger partial charge in [-0.15, -0.1) is 11.3 Å². The number of thiazole rings is 1. The number of ether oxygens (including phenoxy) is 1. The third kappa shape index (κ3) is 4.36. The van der Waals surface area contributed by atoms with Gasteiger partial charge in [-0.3, -0.25) is 14.8 Å². The summed E-state index contributed by atoms with van der Waals surface area (Å²) >= 11 is 1.39. The van der Waals surface area contributed by atoms with Crippen LogP contribution in [0.15, 0.2) is 39.8 Å². The lowest BCUT2D eigenvalue weighted by molar-refractivity contribution is 0.0995. The first kappa shape index (κ1) is 22.4. The second-order valence-corrected chi connectivity index (χ2v) is 8.96. The van der Waals surface area contributed by atoms with E-state index >= 15 is 0 Å². The summed E-state index contributed by atoms with van der Waals surface area (Å²) in [6, 6.07) is 4.43. The summed E-state index contributed by atoms with van der Waals surface area (Å²) in [6.07, 6.45) is 6.76. The van der Waals surface area contributed by atoms with Gasteiger partial charge in [0.15, 0.2) is 5.58 Å². The van der Waals surface area contributed by atoms with Crippen molar-refractivity contribution >= 4 is 51.4 Å². The standard InChI is InChI=1S/C23H27N7O3S/c1-28(8-9-32-2)23-27-17-10-19(29-6-4-3-5-7-29)20(11-21(17)33-23)30(16-12-25-26-13-16)22(31)18-14-34-15-24-18/h10-15H,3-9H2,1-2H3,(H,25,26). The monoisotopic (exact) mass is 481 g/mol. The van der Waals surface area contributed by atoms with E-state index in [0.29, 0.717) is 36.1 Å². The molecule has 4 aromatic rings. The summed E-state index contributed by atoms with van der Waals surface area (Å²) in [5.41, 5.74) is 5.69. The molecule has 1 amide bonds. The highest BCUT2D eigenvalue weighted by atomic mass is 32.1. The van der Waals surface area contributed by atoms with Crippen molar-refractivity contribution in [2.75, 3.05) is 55.1 Å². The molecule has 4 heterocycles. The number of hydrogen-bond acceptors (Lipinski definition) is 9. The molecule has 10 nitrogen and oxygen atoms in total. The summed E-state index contributed by atoms with van der Waals surface area (Å²) in [5.74, 6) is -0.225. The second kappa shape index (κ2) is 9.82. The molecule has 178 valence electrons. The van der Waals surface area contributed by atoms with E-state index in [0.717, 1.165) is 42.8 Å². The van der Waals surface area contributed by atoms with E-state index in [1.165, 1.54) is 17.8 Å². The first-order chi connectivity index (χ1) is 16.7. The highest BCUT2D eigenvalue weighted by Gasteiger charge is 2.28. The van der Waals surface area contributed by atoms with E-state index in [1.54, 1.807) is 35.3 Å². The number of benzene rings is 1. The van der Waals surface area contributed by atoms with Crippen molar-refractivity contribution in [1.82, 2.24) is 20.2 Å². The first-order valence-corrected chi connectivity index (χ1v) is 12.2.